The second-order valence-corrected chi connectivity index (χ2v) is 8.37. The van der Waals surface area contributed by atoms with Crippen molar-refractivity contribution in [3.05, 3.63) is 30.1 Å². The Morgan fingerprint density at radius 3 is 2.86 bits per heavy atom. The molecule has 1 aromatic rings. The number of nitrogens with one attached hydrogen (secondary N) is 1. The Balaban J connectivity index is 1.31. The fraction of sp³-hybridized carbons (Fsp3) is 0.619. The lowest BCUT2D eigenvalue weighted by molar-refractivity contribution is -0.152. The fourth-order valence-corrected chi connectivity index (χ4v) is 4.37. The summed E-state index contributed by atoms with van der Waals surface area (Å²) in [5, 5.41) is 6.93. The molecule has 0 aromatic carbocycles. The molecule has 156 valence electrons. The normalized spacial score (nSPS) is 25.1. The van der Waals surface area contributed by atoms with E-state index in [4.69, 9.17) is 9.57 Å². The maximum absolute atomic E-state index is 12.8. The lowest BCUT2D eigenvalue weighted by Gasteiger charge is -2.43. The van der Waals surface area contributed by atoms with Crippen LogP contribution in [-0.4, -0.2) is 58.8 Å². The maximum Gasteiger partial charge on any atom is 0.269 e. The first kappa shape index (κ1) is 19.8. The van der Waals surface area contributed by atoms with E-state index >= 15 is 0 Å². The topological polar surface area (TPSA) is 93.1 Å². The number of nitrogens with zero attached hydrogens (tertiary/aromatic N) is 3. The molecule has 0 bridgehead atoms. The van der Waals surface area contributed by atoms with Gasteiger partial charge < -0.3 is 19.8 Å². The SMILES string of the molecule is COC1(CC(=O)N2CCCC3(CC(C(=O)NCc4cccnc4)=NO3)C2)CCC1. The van der Waals surface area contributed by atoms with Crippen LogP contribution in [0.3, 0.4) is 0 Å². The minimum atomic E-state index is -0.589. The number of piperidine rings is 1. The smallest absolute Gasteiger partial charge is 0.269 e. The van der Waals surface area contributed by atoms with Gasteiger partial charge in [0.25, 0.3) is 5.91 Å². The zero-order chi connectivity index (χ0) is 20.3. The summed E-state index contributed by atoms with van der Waals surface area (Å²) in [6.07, 6.45) is 8.86. The van der Waals surface area contributed by atoms with Gasteiger partial charge in [-0.2, -0.15) is 0 Å². The molecular formula is C21H28N4O4. The predicted molar refractivity (Wildman–Crippen MR) is 106 cm³/mol. The number of likely N-dealkylation sites (tertiary alicyclic amines) is 1. The van der Waals surface area contributed by atoms with Gasteiger partial charge >= 0.3 is 0 Å². The molecule has 2 amide bonds. The lowest BCUT2D eigenvalue weighted by Crippen LogP contribution is -2.53. The van der Waals surface area contributed by atoms with Crippen LogP contribution in [0.25, 0.3) is 0 Å². The molecular weight excluding hydrogens is 372 g/mol. The van der Waals surface area contributed by atoms with E-state index in [0.29, 0.717) is 38.2 Å². The van der Waals surface area contributed by atoms with E-state index in [0.717, 1.165) is 37.7 Å². The Morgan fingerprint density at radius 2 is 2.17 bits per heavy atom. The third-order valence-corrected chi connectivity index (χ3v) is 6.34. The summed E-state index contributed by atoms with van der Waals surface area (Å²) in [6.45, 7) is 1.57. The van der Waals surface area contributed by atoms with Gasteiger partial charge in [-0.3, -0.25) is 14.6 Å². The molecule has 8 heteroatoms. The highest BCUT2D eigenvalue weighted by Crippen LogP contribution is 2.39. The molecule has 3 heterocycles. The number of rotatable bonds is 6. The summed E-state index contributed by atoms with van der Waals surface area (Å²) in [6, 6.07) is 3.73. The highest BCUT2D eigenvalue weighted by atomic mass is 16.7. The van der Waals surface area contributed by atoms with E-state index in [1.54, 1.807) is 19.5 Å². The molecule has 29 heavy (non-hydrogen) atoms. The van der Waals surface area contributed by atoms with Gasteiger partial charge in [0, 0.05) is 39.0 Å². The molecule has 1 unspecified atom stereocenters. The Morgan fingerprint density at radius 1 is 1.31 bits per heavy atom. The number of carbonyl (C=O) groups is 2. The van der Waals surface area contributed by atoms with Crippen molar-refractivity contribution in [1.29, 1.82) is 0 Å². The van der Waals surface area contributed by atoms with Crippen molar-refractivity contribution in [1.82, 2.24) is 15.2 Å². The number of carbonyl (C=O) groups excluding carboxylic acids is 2. The summed E-state index contributed by atoms with van der Waals surface area (Å²) in [4.78, 5) is 37.0. The van der Waals surface area contributed by atoms with Crippen molar-refractivity contribution in [3.63, 3.8) is 0 Å². The van der Waals surface area contributed by atoms with Crippen molar-refractivity contribution in [2.24, 2.45) is 5.16 Å². The second kappa shape index (κ2) is 8.10. The molecule has 1 saturated heterocycles. The number of methoxy groups -OCH3 is 1. The van der Waals surface area contributed by atoms with Crippen molar-refractivity contribution in [2.45, 2.75) is 62.7 Å². The molecule has 1 N–H and O–H groups in total. The Hall–Kier alpha value is -2.48. The van der Waals surface area contributed by atoms with Crippen molar-refractivity contribution < 1.29 is 19.2 Å². The Labute approximate surface area is 170 Å². The average molecular weight is 400 g/mol. The largest absolute Gasteiger partial charge is 0.386 e. The van der Waals surface area contributed by atoms with Crippen LogP contribution in [0, 0.1) is 0 Å². The number of pyridine rings is 1. The van der Waals surface area contributed by atoms with Crippen LogP contribution in [-0.2, 0) is 25.7 Å². The first-order chi connectivity index (χ1) is 14.0. The molecule has 1 aliphatic carbocycles. The van der Waals surface area contributed by atoms with Crippen LogP contribution in [0.4, 0.5) is 0 Å². The van der Waals surface area contributed by atoms with E-state index in [-0.39, 0.29) is 17.4 Å². The summed E-state index contributed by atoms with van der Waals surface area (Å²) in [7, 11) is 1.69. The second-order valence-electron chi connectivity index (χ2n) is 8.37. The average Bonchev–Trinajstić information content (AvgIpc) is 3.12. The quantitative estimate of drug-likeness (QED) is 0.786. The summed E-state index contributed by atoms with van der Waals surface area (Å²) in [5.41, 5.74) is 0.434. The monoisotopic (exact) mass is 400 g/mol. The molecule has 4 rings (SSSR count). The van der Waals surface area contributed by atoms with Gasteiger partial charge in [0.1, 0.15) is 5.71 Å². The molecule has 1 saturated carbocycles. The van der Waals surface area contributed by atoms with E-state index in [2.05, 4.69) is 15.5 Å². The van der Waals surface area contributed by atoms with Gasteiger partial charge in [-0.05, 0) is 43.7 Å². The maximum atomic E-state index is 12.8. The van der Waals surface area contributed by atoms with Gasteiger partial charge in [-0.15, -0.1) is 0 Å². The molecule has 8 nitrogen and oxygen atoms in total. The first-order valence-electron chi connectivity index (χ1n) is 10.3. The van der Waals surface area contributed by atoms with E-state index in [9.17, 15) is 9.59 Å². The van der Waals surface area contributed by atoms with Crippen LogP contribution in [0.1, 0.15) is 50.5 Å². The lowest BCUT2D eigenvalue weighted by atomic mass is 9.77. The van der Waals surface area contributed by atoms with Crippen LogP contribution >= 0.6 is 0 Å². The number of oxime groups is 1. The number of aromatic nitrogens is 1. The van der Waals surface area contributed by atoms with Crippen molar-refractivity contribution in [3.8, 4) is 0 Å². The van der Waals surface area contributed by atoms with Crippen molar-refractivity contribution >= 4 is 17.5 Å². The molecule has 1 atom stereocenters. The summed E-state index contributed by atoms with van der Waals surface area (Å²) >= 11 is 0. The predicted octanol–water partition coefficient (Wildman–Crippen LogP) is 1.79. The van der Waals surface area contributed by atoms with Gasteiger partial charge in [0.2, 0.25) is 5.91 Å². The minimum Gasteiger partial charge on any atom is -0.386 e. The Kier molecular flexibility index (Phi) is 5.54. The number of ether oxygens (including phenoxy) is 1. The minimum absolute atomic E-state index is 0.101. The molecule has 2 aliphatic heterocycles. The molecule has 3 aliphatic rings. The third kappa shape index (κ3) is 4.27. The van der Waals surface area contributed by atoms with Gasteiger partial charge in [0.15, 0.2) is 5.60 Å². The first-order valence-corrected chi connectivity index (χ1v) is 10.3. The van der Waals surface area contributed by atoms with Gasteiger partial charge in [-0.25, -0.2) is 0 Å². The van der Waals surface area contributed by atoms with E-state index in [1.807, 2.05) is 17.0 Å². The van der Waals surface area contributed by atoms with Crippen LogP contribution in [0.15, 0.2) is 29.7 Å². The third-order valence-electron chi connectivity index (χ3n) is 6.34. The highest BCUT2D eigenvalue weighted by molar-refractivity contribution is 6.39. The Bertz CT molecular complexity index is 788. The molecule has 1 spiro atoms. The van der Waals surface area contributed by atoms with Gasteiger partial charge in [-0.1, -0.05) is 11.2 Å². The van der Waals surface area contributed by atoms with E-state index in [1.165, 1.54) is 0 Å². The summed E-state index contributed by atoms with van der Waals surface area (Å²) in [5.74, 6) is -0.134. The zero-order valence-corrected chi connectivity index (χ0v) is 16.9. The standard InChI is InChI=1S/C21H28N4O4/c1-28-20(6-3-7-20)12-18(26)25-10-4-8-21(15-25)11-17(24-29-21)19(27)23-14-16-5-2-9-22-13-16/h2,5,9,13H,3-4,6-8,10-12,14-15H2,1H3,(H,23,27). The number of amides is 2. The molecule has 2 fully saturated rings. The van der Waals surface area contributed by atoms with Crippen LogP contribution < -0.4 is 5.32 Å². The summed E-state index contributed by atoms with van der Waals surface area (Å²) < 4.78 is 5.61. The number of hydrogen-bond donors (Lipinski definition) is 1. The molecule has 1 aromatic heterocycles. The van der Waals surface area contributed by atoms with E-state index < -0.39 is 5.60 Å². The number of hydrogen-bond acceptors (Lipinski definition) is 6. The fourth-order valence-electron chi connectivity index (χ4n) is 4.37. The van der Waals surface area contributed by atoms with Crippen LogP contribution in [0.2, 0.25) is 0 Å². The van der Waals surface area contributed by atoms with Crippen molar-refractivity contribution in [2.75, 3.05) is 20.2 Å². The zero-order valence-electron chi connectivity index (χ0n) is 16.9. The van der Waals surface area contributed by atoms with Crippen LogP contribution in [0.5, 0.6) is 0 Å². The molecule has 0 radical (unpaired) electrons. The van der Waals surface area contributed by atoms with Gasteiger partial charge in [0.05, 0.1) is 18.6 Å². The highest BCUT2D eigenvalue weighted by Gasteiger charge is 2.47.